The zero-order valence-corrected chi connectivity index (χ0v) is 14.8. The topological polar surface area (TPSA) is 74.0 Å². The molecule has 1 aliphatic carbocycles. The fraction of sp³-hybridized carbons (Fsp3) is 0.190. The molecule has 5 heteroatoms. The number of aliphatic carboxylic acids is 1. The summed E-state index contributed by atoms with van der Waals surface area (Å²) in [5, 5.41) is 20.9. The molecule has 0 amide bonds. The molecule has 1 aliphatic rings. The standard InChI is InChI=1S/C21H16N2O2S/c22-12-14-6-7-17(16-5-2-1-4-15(14)16)18-8-11-23-13-19(18)26-21(20(24)25)9-3-10-21/h1-2,4-8,11,13H,3,9-10H2,(H,24,25). The van der Waals surface area contributed by atoms with Crippen molar-refractivity contribution in [3.8, 4) is 17.2 Å². The molecule has 1 aromatic heterocycles. The molecular formula is C21H16N2O2S. The van der Waals surface area contributed by atoms with E-state index < -0.39 is 10.7 Å². The molecule has 26 heavy (non-hydrogen) atoms. The number of nitriles is 1. The summed E-state index contributed by atoms with van der Waals surface area (Å²) in [7, 11) is 0. The number of carboxylic acid groups (broad SMARTS) is 1. The van der Waals surface area contributed by atoms with Crippen LogP contribution in [-0.4, -0.2) is 20.8 Å². The van der Waals surface area contributed by atoms with Crippen LogP contribution < -0.4 is 0 Å². The maximum atomic E-state index is 11.8. The van der Waals surface area contributed by atoms with Crippen molar-refractivity contribution >= 4 is 28.5 Å². The SMILES string of the molecule is N#Cc1ccc(-c2ccncc2SC2(C(=O)O)CCC2)c2ccccc12. The molecular weight excluding hydrogens is 344 g/mol. The van der Waals surface area contributed by atoms with Crippen molar-refractivity contribution in [2.45, 2.75) is 28.9 Å². The van der Waals surface area contributed by atoms with Gasteiger partial charge < -0.3 is 5.11 Å². The summed E-state index contributed by atoms with van der Waals surface area (Å²) in [5.41, 5.74) is 2.58. The summed E-state index contributed by atoms with van der Waals surface area (Å²) in [6.45, 7) is 0. The lowest BCUT2D eigenvalue weighted by atomic mass is 9.84. The molecule has 1 saturated carbocycles. The van der Waals surface area contributed by atoms with E-state index in [0.717, 1.165) is 33.2 Å². The van der Waals surface area contributed by atoms with Crippen LogP contribution >= 0.6 is 11.8 Å². The fourth-order valence-electron chi connectivity index (χ4n) is 3.38. The van der Waals surface area contributed by atoms with Crippen LogP contribution in [-0.2, 0) is 4.79 Å². The van der Waals surface area contributed by atoms with E-state index in [9.17, 15) is 15.2 Å². The first-order valence-electron chi connectivity index (χ1n) is 8.43. The van der Waals surface area contributed by atoms with E-state index in [0.29, 0.717) is 18.4 Å². The van der Waals surface area contributed by atoms with Crippen LogP contribution in [0.2, 0.25) is 0 Å². The van der Waals surface area contributed by atoms with Crippen molar-refractivity contribution in [1.82, 2.24) is 4.98 Å². The number of pyridine rings is 1. The van der Waals surface area contributed by atoms with Crippen molar-refractivity contribution in [2.24, 2.45) is 0 Å². The first kappa shape index (κ1) is 16.6. The number of rotatable bonds is 4. The normalized spacial score (nSPS) is 15.2. The first-order valence-corrected chi connectivity index (χ1v) is 9.25. The molecule has 1 N–H and O–H groups in total. The van der Waals surface area contributed by atoms with Gasteiger partial charge in [0.15, 0.2) is 0 Å². The number of fused-ring (bicyclic) bond motifs is 1. The minimum absolute atomic E-state index is 0.633. The van der Waals surface area contributed by atoms with Crippen LogP contribution in [0.25, 0.3) is 21.9 Å². The highest BCUT2D eigenvalue weighted by molar-refractivity contribution is 8.01. The largest absolute Gasteiger partial charge is 0.480 e. The van der Waals surface area contributed by atoms with Crippen molar-refractivity contribution in [2.75, 3.05) is 0 Å². The van der Waals surface area contributed by atoms with E-state index in [1.165, 1.54) is 11.8 Å². The fourth-order valence-corrected chi connectivity index (χ4v) is 4.79. The lowest BCUT2D eigenvalue weighted by Gasteiger charge is -2.37. The molecule has 3 aromatic rings. The van der Waals surface area contributed by atoms with Gasteiger partial charge in [0.05, 0.1) is 11.6 Å². The summed E-state index contributed by atoms with van der Waals surface area (Å²) in [4.78, 5) is 16.9. The first-order chi connectivity index (χ1) is 12.6. The number of hydrogen-bond donors (Lipinski definition) is 1. The number of carbonyl (C=O) groups is 1. The van der Waals surface area contributed by atoms with Gasteiger partial charge in [-0.05, 0) is 47.9 Å². The van der Waals surface area contributed by atoms with Gasteiger partial charge in [-0.2, -0.15) is 5.26 Å². The van der Waals surface area contributed by atoms with Gasteiger partial charge in [0.1, 0.15) is 4.75 Å². The van der Waals surface area contributed by atoms with Crippen LogP contribution in [0.3, 0.4) is 0 Å². The molecule has 1 fully saturated rings. The number of aromatic nitrogens is 1. The highest BCUT2D eigenvalue weighted by Crippen LogP contribution is 2.50. The Labute approximate surface area is 155 Å². The molecule has 4 rings (SSSR count). The number of hydrogen-bond acceptors (Lipinski definition) is 4. The Morgan fingerprint density at radius 1 is 1.12 bits per heavy atom. The third-order valence-corrected chi connectivity index (χ3v) is 6.49. The van der Waals surface area contributed by atoms with E-state index >= 15 is 0 Å². The summed E-state index contributed by atoms with van der Waals surface area (Å²) in [6, 6.07) is 15.7. The average Bonchev–Trinajstić information content (AvgIpc) is 2.64. The van der Waals surface area contributed by atoms with Crippen molar-refractivity contribution < 1.29 is 9.90 Å². The van der Waals surface area contributed by atoms with E-state index in [1.807, 2.05) is 42.5 Å². The second-order valence-corrected chi connectivity index (χ2v) is 7.87. The highest BCUT2D eigenvalue weighted by Gasteiger charge is 2.45. The molecule has 4 nitrogen and oxygen atoms in total. The summed E-state index contributed by atoms with van der Waals surface area (Å²) in [5.74, 6) is -0.756. The zero-order valence-electron chi connectivity index (χ0n) is 14.0. The quantitative estimate of drug-likeness (QED) is 0.718. The van der Waals surface area contributed by atoms with Gasteiger partial charge in [0.2, 0.25) is 0 Å². The Hall–Kier alpha value is -2.84. The average molecular weight is 360 g/mol. The van der Waals surface area contributed by atoms with Crippen LogP contribution in [0.15, 0.2) is 59.8 Å². The van der Waals surface area contributed by atoms with Crippen LogP contribution in [0.1, 0.15) is 24.8 Å². The third kappa shape index (κ3) is 2.63. The van der Waals surface area contributed by atoms with E-state index in [4.69, 9.17) is 0 Å². The Morgan fingerprint density at radius 3 is 2.54 bits per heavy atom. The molecule has 128 valence electrons. The molecule has 0 spiro atoms. The number of benzene rings is 2. The summed E-state index contributed by atoms with van der Waals surface area (Å²) >= 11 is 1.40. The molecule has 0 atom stereocenters. The summed E-state index contributed by atoms with van der Waals surface area (Å²) < 4.78 is -0.750. The Kier molecular flexibility index (Phi) is 4.14. The van der Waals surface area contributed by atoms with Crippen molar-refractivity contribution in [1.29, 1.82) is 5.26 Å². The van der Waals surface area contributed by atoms with E-state index in [1.54, 1.807) is 12.4 Å². The minimum atomic E-state index is -0.756. The number of thioether (sulfide) groups is 1. The predicted octanol–water partition coefficient (Wildman–Crippen LogP) is 4.87. The molecule has 0 aliphatic heterocycles. The van der Waals surface area contributed by atoms with E-state index in [2.05, 4.69) is 11.1 Å². The lowest BCUT2D eigenvalue weighted by Crippen LogP contribution is -2.41. The molecule has 0 unspecified atom stereocenters. The zero-order chi connectivity index (χ0) is 18.1. The van der Waals surface area contributed by atoms with Gasteiger partial charge in [-0.3, -0.25) is 9.78 Å². The Morgan fingerprint density at radius 2 is 1.88 bits per heavy atom. The van der Waals surface area contributed by atoms with Crippen molar-refractivity contribution in [3.05, 3.63) is 60.4 Å². The maximum Gasteiger partial charge on any atom is 0.320 e. The predicted molar refractivity (Wildman–Crippen MR) is 102 cm³/mol. The second kappa shape index (κ2) is 6.47. The smallest absolute Gasteiger partial charge is 0.320 e. The molecule has 1 heterocycles. The molecule has 0 radical (unpaired) electrons. The van der Waals surface area contributed by atoms with E-state index in [-0.39, 0.29) is 0 Å². The van der Waals surface area contributed by atoms with Gasteiger partial charge in [-0.25, -0.2) is 0 Å². The molecule has 0 saturated heterocycles. The van der Waals surface area contributed by atoms with Crippen LogP contribution in [0.4, 0.5) is 0 Å². The van der Waals surface area contributed by atoms with Gasteiger partial charge in [0.25, 0.3) is 0 Å². The van der Waals surface area contributed by atoms with Gasteiger partial charge in [0, 0.05) is 22.7 Å². The molecule has 2 aromatic carbocycles. The number of carboxylic acids is 1. The van der Waals surface area contributed by atoms with Gasteiger partial charge in [-0.1, -0.05) is 30.3 Å². The van der Waals surface area contributed by atoms with Crippen LogP contribution in [0.5, 0.6) is 0 Å². The Bertz CT molecular complexity index is 1050. The van der Waals surface area contributed by atoms with Gasteiger partial charge in [-0.15, -0.1) is 11.8 Å². The highest BCUT2D eigenvalue weighted by atomic mass is 32.2. The molecule has 0 bridgehead atoms. The maximum absolute atomic E-state index is 11.8. The third-order valence-electron chi connectivity index (χ3n) is 4.98. The second-order valence-electron chi connectivity index (χ2n) is 6.44. The monoisotopic (exact) mass is 360 g/mol. The lowest BCUT2D eigenvalue weighted by molar-refractivity contribution is -0.142. The van der Waals surface area contributed by atoms with Crippen LogP contribution in [0, 0.1) is 11.3 Å². The number of nitrogens with zero attached hydrogens (tertiary/aromatic N) is 2. The minimum Gasteiger partial charge on any atom is -0.480 e. The Balaban J connectivity index is 1.87. The summed E-state index contributed by atoms with van der Waals surface area (Å²) in [6.07, 6.45) is 5.76. The van der Waals surface area contributed by atoms with Gasteiger partial charge >= 0.3 is 5.97 Å². The van der Waals surface area contributed by atoms with Crippen molar-refractivity contribution in [3.63, 3.8) is 0 Å².